The molecule has 0 amide bonds. The number of hydrogen-bond donors (Lipinski definition) is 0. The Hall–Kier alpha value is -1.45. The molecule has 0 spiro atoms. The molecule has 0 aromatic heterocycles. The van der Waals surface area contributed by atoms with Crippen LogP contribution in [0.4, 0.5) is 0 Å². The van der Waals surface area contributed by atoms with Gasteiger partial charge in [0.05, 0.1) is 6.10 Å². The molecule has 4 aliphatic carbocycles. The molecule has 0 bridgehead atoms. The van der Waals surface area contributed by atoms with E-state index in [0.717, 1.165) is 43.3 Å². The molecule has 1 aromatic carbocycles. The number of rotatable bonds is 3. The minimum atomic E-state index is -0.149. The highest BCUT2D eigenvalue weighted by atomic mass is 16.7. The van der Waals surface area contributed by atoms with Gasteiger partial charge in [-0.1, -0.05) is 44.2 Å². The maximum absolute atomic E-state index is 13.6. The van der Waals surface area contributed by atoms with Gasteiger partial charge in [0.1, 0.15) is 0 Å². The molecule has 34 heavy (non-hydrogen) atoms. The van der Waals surface area contributed by atoms with Gasteiger partial charge >= 0.3 is 0 Å². The normalized spacial score (nSPS) is 45.5. The lowest BCUT2D eigenvalue weighted by atomic mass is 9.45. The van der Waals surface area contributed by atoms with Crippen molar-refractivity contribution in [1.29, 1.82) is 0 Å². The summed E-state index contributed by atoms with van der Waals surface area (Å²) < 4.78 is 12.3. The first-order valence-corrected chi connectivity index (χ1v) is 14.0. The number of fused-ring (bicyclic) bond motifs is 5. The Balaban J connectivity index is 1.18. The Morgan fingerprint density at radius 2 is 1.82 bits per heavy atom. The fourth-order valence-corrected chi connectivity index (χ4v) is 8.93. The van der Waals surface area contributed by atoms with Crippen LogP contribution in [0.2, 0.25) is 0 Å². The van der Waals surface area contributed by atoms with Crippen LogP contribution in [0.15, 0.2) is 35.9 Å². The van der Waals surface area contributed by atoms with Crippen LogP contribution in [0, 0.1) is 34.5 Å². The van der Waals surface area contributed by atoms with Gasteiger partial charge in [-0.25, -0.2) is 0 Å². The zero-order chi connectivity index (χ0) is 23.3. The van der Waals surface area contributed by atoms with E-state index in [1.807, 2.05) is 6.07 Å². The number of carbonyl (C=O) groups is 1. The van der Waals surface area contributed by atoms with Crippen molar-refractivity contribution in [2.24, 2.45) is 34.5 Å². The number of allylic oxidation sites excluding steroid dienone is 1. The average molecular weight is 463 g/mol. The van der Waals surface area contributed by atoms with Gasteiger partial charge in [0.15, 0.2) is 12.1 Å². The summed E-state index contributed by atoms with van der Waals surface area (Å²) in [5.41, 5.74) is 2.51. The molecule has 1 heterocycles. The van der Waals surface area contributed by atoms with Gasteiger partial charge in [-0.05, 0) is 117 Å². The second-order valence-electron chi connectivity index (χ2n) is 12.6. The summed E-state index contributed by atoms with van der Waals surface area (Å²) in [6.45, 7) is 5.76. The van der Waals surface area contributed by atoms with Crippen LogP contribution in [0.3, 0.4) is 0 Å². The van der Waals surface area contributed by atoms with Gasteiger partial charge in [0, 0.05) is 12.0 Å². The summed E-state index contributed by atoms with van der Waals surface area (Å²) in [4.78, 5) is 13.6. The first-order chi connectivity index (χ1) is 16.5. The monoisotopic (exact) mass is 462 g/mol. The van der Waals surface area contributed by atoms with Crippen molar-refractivity contribution in [3.8, 4) is 0 Å². The zero-order valence-corrected chi connectivity index (χ0v) is 21.1. The van der Waals surface area contributed by atoms with E-state index in [4.69, 9.17) is 9.47 Å². The van der Waals surface area contributed by atoms with Crippen LogP contribution in [0.5, 0.6) is 0 Å². The van der Waals surface area contributed by atoms with Crippen LogP contribution >= 0.6 is 0 Å². The lowest BCUT2D eigenvalue weighted by Crippen LogP contribution is -2.54. The van der Waals surface area contributed by atoms with Crippen molar-refractivity contribution < 1.29 is 14.3 Å². The molecule has 0 unspecified atom stereocenters. The summed E-state index contributed by atoms with van der Waals surface area (Å²) in [7, 11) is 0. The molecule has 1 aliphatic heterocycles. The maximum atomic E-state index is 13.6. The van der Waals surface area contributed by atoms with Crippen molar-refractivity contribution in [1.82, 2.24) is 0 Å². The smallest absolute Gasteiger partial charge is 0.165 e. The molecule has 1 saturated heterocycles. The third-order valence-electron chi connectivity index (χ3n) is 10.9. The standard InChI is InChI=1S/C31H42O3/c1-30-15-13-24(34-28-10-6-7-17-33-28)20-23(30)11-12-25-26(30)14-16-31(2)27(25)19-22(29(31)32)18-21-8-4-3-5-9-21/h3-5,8-9,18,23-28H,6-7,10-17,19-20H2,1-2H3/b22-18+/t23-,24-,25+,26-,27-,28-,30-,31-/m0/s1. The van der Waals surface area contributed by atoms with Gasteiger partial charge in [-0.3, -0.25) is 4.79 Å². The van der Waals surface area contributed by atoms with E-state index in [1.165, 1.54) is 56.9 Å². The highest BCUT2D eigenvalue weighted by Gasteiger charge is 2.61. The van der Waals surface area contributed by atoms with Gasteiger partial charge in [-0.15, -0.1) is 0 Å². The lowest BCUT2D eigenvalue weighted by Gasteiger charge is -2.60. The topological polar surface area (TPSA) is 35.5 Å². The zero-order valence-electron chi connectivity index (χ0n) is 21.1. The summed E-state index contributed by atoms with van der Waals surface area (Å²) in [6.07, 6.45) is 15.6. The molecule has 5 fully saturated rings. The third kappa shape index (κ3) is 3.82. The molecular weight excluding hydrogens is 420 g/mol. The molecule has 3 nitrogen and oxygen atoms in total. The van der Waals surface area contributed by atoms with E-state index >= 15 is 0 Å². The number of ketones is 1. The molecule has 8 atom stereocenters. The molecule has 1 aromatic rings. The first-order valence-electron chi connectivity index (χ1n) is 14.0. The average Bonchev–Trinajstić information content (AvgIpc) is 3.11. The lowest BCUT2D eigenvalue weighted by molar-refractivity contribution is -0.211. The summed E-state index contributed by atoms with van der Waals surface area (Å²) in [5, 5.41) is 0. The predicted molar refractivity (Wildman–Crippen MR) is 135 cm³/mol. The third-order valence-corrected chi connectivity index (χ3v) is 10.9. The Labute approximate surface area is 205 Å². The summed E-state index contributed by atoms with van der Waals surface area (Å²) >= 11 is 0. The minimum Gasteiger partial charge on any atom is -0.353 e. The van der Waals surface area contributed by atoms with Gasteiger partial charge < -0.3 is 9.47 Å². The SMILES string of the molecule is C[C@]12CC[C@H](O[C@H]3CCCCO3)C[C@@H]1CC[C@@H]1[C@@H]2CC[C@]2(C)C(=O)/C(=C/c3ccccc3)C[C@@H]12. The van der Waals surface area contributed by atoms with Crippen LogP contribution < -0.4 is 0 Å². The van der Waals surface area contributed by atoms with Crippen LogP contribution in [-0.2, 0) is 14.3 Å². The number of Topliss-reactive ketones (excluding diaryl/α,β-unsaturated/α-hetero) is 1. The van der Waals surface area contributed by atoms with Crippen LogP contribution in [-0.4, -0.2) is 24.8 Å². The Morgan fingerprint density at radius 3 is 2.62 bits per heavy atom. The van der Waals surface area contributed by atoms with E-state index in [2.05, 4.69) is 44.2 Å². The number of benzene rings is 1. The van der Waals surface area contributed by atoms with Gasteiger partial charge in [0.2, 0.25) is 0 Å². The van der Waals surface area contributed by atoms with Crippen molar-refractivity contribution in [2.75, 3.05) is 6.61 Å². The molecular formula is C31H42O3. The van der Waals surface area contributed by atoms with E-state index < -0.39 is 0 Å². The van der Waals surface area contributed by atoms with E-state index in [1.54, 1.807) is 0 Å². The Bertz CT molecular complexity index is 931. The highest BCUT2D eigenvalue weighted by Crippen LogP contribution is 2.66. The molecule has 0 N–H and O–H groups in total. The fraction of sp³-hybridized carbons (Fsp3) is 0.710. The molecule has 6 rings (SSSR count). The van der Waals surface area contributed by atoms with E-state index in [0.29, 0.717) is 29.1 Å². The predicted octanol–water partition coefficient (Wildman–Crippen LogP) is 7.20. The first kappa shape index (κ1) is 23.0. The van der Waals surface area contributed by atoms with Gasteiger partial charge in [0.25, 0.3) is 0 Å². The van der Waals surface area contributed by atoms with Gasteiger partial charge in [-0.2, -0.15) is 0 Å². The van der Waals surface area contributed by atoms with Crippen LogP contribution in [0.1, 0.15) is 90.0 Å². The quantitative estimate of drug-likeness (QED) is 0.352. The Kier molecular flexibility index (Phi) is 6.01. The number of ether oxygens (including phenoxy) is 2. The number of hydrogen-bond acceptors (Lipinski definition) is 3. The van der Waals surface area contributed by atoms with E-state index in [9.17, 15) is 4.79 Å². The van der Waals surface area contributed by atoms with E-state index in [-0.39, 0.29) is 11.7 Å². The van der Waals surface area contributed by atoms with Crippen molar-refractivity contribution in [3.63, 3.8) is 0 Å². The minimum absolute atomic E-state index is 0.0363. The second kappa shape index (κ2) is 8.89. The number of carbonyl (C=O) groups excluding carboxylic acids is 1. The van der Waals surface area contributed by atoms with Crippen LogP contribution in [0.25, 0.3) is 6.08 Å². The summed E-state index contributed by atoms with van der Waals surface area (Å²) in [6, 6.07) is 10.4. The van der Waals surface area contributed by atoms with Crippen molar-refractivity contribution >= 4 is 11.9 Å². The second-order valence-corrected chi connectivity index (χ2v) is 12.6. The maximum Gasteiger partial charge on any atom is 0.165 e. The molecule has 0 radical (unpaired) electrons. The Morgan fingerprint density at radius 1 is 0.971 bits per heavy atom. The van der Waals surface area contributed by atoms with Crippen molar-refractivity contribution in [3.05, 3.63) is 41.5 Å². The highest BCUT2D eigenvalue weighted by molar-refractivity contribution is 6.05. The molecule has 3 heteroatoms. The molecule has 4 saturated carbocycles. The summed E-state index contributed by atoms with van der Waals surface area (Å²) in [5.74, 6) is 3.19. The largest absolute Gasteiger partial charge is 0.353 e. The van der Waals surface area contributed by atoms with Crippen molar-refractivity contribution in [2.45, 2.75) is 96.9 Å². The molecule has 5 aliphatic rings. The molecule has 184 valence electrons. The fourth-order valence-electron chi connectivity index (χ4n) is 8.93.